The number of fused-ring (bicyclic) bond motifs is 1. The van der Waals surface area contributed by atoms with Gasteiger partial charge in [-0.15, -0.1) is 0 Å². The molecule has 0 aliphatic heterocycles. The predicted octanol–water partition coefficient (Wildman–Crippen LogP) is 4.38. The minimum Gasteiger partial charge on any atom is -0.474 e. The number of benzene rings is 1. The Morgan fingerprint density at radius 2 is 2.14 bits per heavy atom. The van der Waals surface area contributed by atoms with Crippen LogP contribution in [0.5, 0.6) is 5.88 Å². The molecule has 3 N–H and O–H groups in total. The number of aromatic nitrogens is 2. The fourth-order valence-electron chi connectivity index (χ4n) is 4.43. The number of halogens is 2. The van der Waals surface area contributed by atoms with E-state index in [2.05, 4.69) is 15.3 Å². The minimum absolute atomic E-state index is 0.0441. The monoisotopic (exact) mass is 432 g/mol. The van der Waals surface area contributed by atoms with Crippen LogP contribution in [-0.2, 0) is 0 Å². The molecule has 150 valence electrons. The zero-order valence-corrected chi connectivity index (χ0v) is 16.9. The maximum atomic E-state index is 14.0. The zero-order valence-electron chi connectivity index (χ0n) is 15.3. The van der Waals surface area contributed by atoms with Crippen LogP contribution in [0.2, 0.25) is 5.02 Å². The molecule has 1 spiro atoms. The Morgan fingerprint density at radius 1 is 1.34 bits per heavy atom. The summed E-state index contributed by atoms with van der Waals surface area (Å²) in [6, 6.07) is 6.61. The summed E-state index contributed by atoms with van der Waals surface area (Å²) in [5.74, 6) is -0.627. The van der Waals surface area contributed by atoms with Crippen molar-refractivity contribution in [3.05, 3.63) is 46.9 Å². The summed E-state index contributed by atoms with van der Waals surface area (Å²) in [5.41, 5.74) is 6.30. The number of hydrogen-bond donors (Lipinski definition) is 2. The Morgan fingerprint density at radius 3 is 2.90 bits per heavy atom. The molecule has 6 nitrogen and oxygen atoms in total. The van der Waals surface area contributed by atoms with Crippen LogP contribution >= 0.6 is 22.9 Å². The number of ether oxygens (including phenoxy) is 1. The molecule has 2 aliphatic rings. The first-order valence-corrected chi connectivity index (χ1v) is 10.5. The third kappa shape index (κ3) is 3.40. The van der Waals surface area contributed by atoms with E-state index in [1.54, 1.807) is 24.4 Å². The Kier molecular flexibility index (Phi) is 4.36. The third-order valence-corrected chi connectivity index (χ3v) is 6.89. The highest BCUT2D eigenvalue weighted by molar-refractivity contribution is 7.22. The van der Waals surface area contributed by atoms with Crippen molar-refractivity contribution in [2.24, 2.45) is 11.1 Å². The third-order valence-electron chi connectivity index (χ3n) is 5.74. The lowest BCUT2D eigenvalue weighted by molar-refractivity contribution is -0.0759. The van der Waals surface area contributed by atoms with Crippen molar-refractivity contribution < 1.29 is 13.9 Å². The normalized spacial score (nSPS) is 25.4. The molecule has 2 saturated carbocycles. The average Bonchev–Trinajstić information content (AvgIpc) is 3.01. The molecular formula is C20H18ClFN4O2S. The van der Waals surface area contributed by atoms with E-state index in [0.29, 0.717) is 33.2 Å². The molecule has 2 fully saturated rings. The fraction of sp³-hybridized carbons (Fsp3) is 0.350. The van der Waals surface area contributed by atoms with Gasteiger partial charge in [-0.2, -0.15) is 0 Å². The largest absolute Gasteiger partial charge is 0.474 e. The molecule has 2 aromatic heterocycles. The highest BCUT2D eigenvalue weighted by Gasteiger charge is 2.54. The molecule has 0 saturated heterocycles. The van der Waals surface area contributed by atoms with Gasteiger partial charge in [-0.25, -0.2) is 14.4 Å². The number of rotatable bonds is 5. The van der Waals surface area contributed by atoms with Crippen molar-refractivity contribution in [3.8, 4) is 5.88 Å². The maximum absolute atomic E-state index is 14.0. The van der Waals surface area contributed by atoms with Crippen LogP contribution in [0, 0.1) is 11.2 Å². The standard InChI is InChI=1S/C20H18ClFN4O2S/c21-10-4-14(22)16-15(5-10)29-19(26-16)25-11-6-20(7-11)8-12(9-20)28-18-13(17(23)27)2-1-3-24-18/h1-5,11-12H,6-9H2,(H2,23,27)(H,25,26)/t11-,12-,20?. The molecular weight excluding hydrogens is 415 g/mol. The number of hydrogen-bond acceptors (Lipinski definition) is 6. The molecule has 3 aromatic rings. The van der Waals surface area contributed by atoms with Gasteiger partial charge in [0.15, 0.2) is 10.9 Å². The number of nitrogens with one attached hydrogen (secondary N) is 1. The Labute approximate surface area is 175 Å². The van der Waals surface area contributed by atoms with Crippen molar-refractivity contribution in [2.45, 2.75) is 37.8 Å². The van der Waals surface area contributed by atoms with E-state index in [9.17, 15) is 9.18 Å². The minimum atomic E-state index is -0.538. The Balaban J connectivity index is 1.17. The second kappa shape index (κ2) is 6.81. The van der Waals surface area contributed by atoms with Crippen LogP contribution in [0.3, 0.4) is 0 Å². The number of thiazole rings is 1. The summed E-state index contributed by atoms with van der Waals surface area (Å²) in [7, 11) is 0. The van der Waals surface area contributed by atoms with Gasteiger partial charge >= 0.3 is 0 Å². The van der Waals surface area contributed by atoms with E-state index in [1.807, 2.05) is 0 Å². The number of nitrogens with zero attached hydrogens (tertiary/aromatic N) is 2. The quantitative estimate of drug-likeness (QED) is 0.624. The summed E-state index contributed by atoms with van der Waals surface area (Å²) < 4.78 is 20.6. The SMILES string of the molecule is NC(=O)c1cccnc1O[C@H]1CC2(C[C@H](Nc3nc4c(F)cc(Cl)cc4s3)C2)C1. The van der Waals surface area contributed by atoms with Crippen LogP contribution in [-0.4, -0.2) is 28.0 Å². The molecule has 0 radical (unpaired) electrons. The molecule has 5 rings (SSSR count). The number of amides is 1. The van der Waals surface area contributed by atoms with E-state index >= 15 is 0 Å². The summed E-state index contributed by atoms with van der Waals surface area (Å²) in [4.78, 5) is 20.0. The van der Waals surface area contributed by atoms with Crippen molar-refractivity contribution in [3.63, 3.8) is 0 Å². The highest BCUT2D eigenvalue weighted by Crippen LogP contribution is 2.57. The molecule has 1 amide bonds. The molecule has 1 aromatic carbocycles. The summed E-state index contributed by atoms with van der Waals surface area (Å²) in [5, 5.41) is 4.50. The molecule has 29 heavy (non-hydrogen) atoms. The zero-order chi connectivity index (χ0) is 20.2. The topological polar surface area (TPSA) is 90.1 Å². The number of primary amides is 1. The van der Waals surface area contributed by atoms with Gasteiger partial charge < -0.3 is 15.8 Å². The second-order valence-electron chi connectivity index (χ2n) is 7.87. The Bertz CT molecular complexity index is 1110. The average molecular weight is 433 g/mol. The summed E-state index contributed by atoms with van der Waals surface area (Å²) in [6.45, 7) is 0. The fourth-order valence-corrected chi connectivity index (χ4v) is 5.70. The van der Waals surface area contributed by atoms with E-state index in [-0.39, 0.29) is 11.5 Å². The molecule has 0 bridgehead atoms. The number of anilines is 1. The van der Waals surface area contributed by atoms with Gasteiger partial charge in [0.05, 0.1) is 4.70 Å². The Hall–Kier alpha value is -2.45. The molecule has 2 aliphatic carbocycles. The number of carbonyl (C=O) groups is 1. The van der Waals surface area contributed by atoms with E-state index in [1.165, 1.54) is 17.4 Å². The van der Waals surface area contributed by atoms with Crippen molar-refractivity contribution in [1.29, 1.82) is 0 Å². The van der Waals surface area contributed by atoms with Gasteiger partial charge in [-0.05, 0) is 55.4 Å². The summed E-state index contributed by atoms with van der Waals surface area (Å²) in [6.07, 6.45) is 5.50. The summed E-state index contributed by atoms with van der Waals surface area (Å²) >= 11 is 7.33. The maximum Gasteiger partial charge on any atom is 0.254 e. The van der Waals surface area contributed by atoms with Gasteiger partial charge in [0, 0.05) is 17.3 Å². The van der Waals surface area contributed by atoms with Crippen molar-refractivity contribution in [2.75, 3.05) is 5.32 Å². The lowest BCUT2D eigenvalue weighted by Gasteiger charge is -2.57. The smallest absolute Gasteiger partial charge is 0.254 e. The second-order valence-corrected chi connectivity index (χ2v) is 9.34. The van der Waals surface area contributed by atoms with E-state index in [0.717, 1.165) is 30.4 Å². The number of carbonyl (C=O) groups excluding carboxylic acids is 1. The van der Waals surface area contributed by atoms with Crippen LogP contribution in [0.4, 0.5) is 9.52 Å². The highest BCUT2D eigenvalue weighted by atomic mass is 35.5. The first-order valence-electron chi connectivity index (χ1n) is 9.34. The molecule has 9 heteroatoms. The number of nitrogens with two attached hydrogens (primary N) is 1. The van der Waals surface area contributed by atoms with Crippen molar-refractivity contribution >= 4 is 44.2 Å². The van der Waals surface area contributed by atoms with Crippen LogP contribution in [0.25, 0.3) is 10.2 Å². The van der Waals surface area contributed by atoms with Crippen LogP contribution in [0.1, 0.15) is 36.0 Å². The van der Waals surface area contributed by atoms with Gasteiger partial charge in [-0.3, -0.25) is 4.79 Å². The lowest BCUT2D eigenvalue weighted by Crippen LogP contribution is -2.56. The van der Waals surface area contributed by atoms with Gasteiger partial charge in [-0.1, -0.05) is 22.9 Å². The predicted molar refractivity (Wildman–Crippen MR) is 110 cm³/mol. The lowest BCUT2D eigenvalue weighted by atomic mass is 9.53. The van der Waals surface area contributed by atoms with E-state index in [4.69, 9.17) is 22.1 Å². The van der Waals surface area contributed by atoms with Crippen molar-refractivity contribution in [1.82, 2.24) is 9.97 Å². The van der Waals surface area contributed by atoms with Gasteiger partial charge in [0.25, 0.3) is 5.91 Å². The molecule has 0 unspecified atom stereocenters. The first kappa shape index (κ1) is 18.6. The van der Waals surface area contributed by atoms with Gasteiger partial charge in [0.2, 0.25) is 5.88 Å². The first-order chi connectivity index (χ1) is 13.9. The number of pyridine rings is 1. The van der Waals surface area contributed by atoms with Gasteiger partial charge in [0.1, 0.15) is 17.2 Å². The van der Waals surface area contributed by atoms with E-state index < -0.39 is 11.7 Å². The molecule has 0 atom stereocenters. The van der Waals surface area contributed by atoms with Crippen LogP contribution in [0.15, 0.2) is 30.5 Å². The van der Waals surface area contributed by atoms with Crippen LogP contribution < -0.4 is 15.8 Å². The molecule has 2 heterocycles.